The average Bonchev–Trinajstić information content (AvgIpc) is 3.20. The van der Waals surface area contributed by atoms with Crippen LogP contribution in [-0.2, 0) is 0 Å². The van der Waals surface area contributed by atoms with Crippen molar-refractivity contribution in [2.75, 3.05) is 0 Å². The zero-order chi connectivity index (χ0) is 14.2. The van der Waals surface area contributed by atoms with E-state index in [4.69, 9.17) is 10.5 Å². The molecule has 4 rings (SSSR count). The molecule has 2 heterocycles. The molecule has 1 fully saturated rings. The fraction of sp³-hybridized carbons (Fsp3) is 0.235. The number of thiophene rings is 1. The highest BCUT2D eigenvalue weighted by molar-refractivity contribution is 7.17. The number of rotatable bonds is 4. The van der Waals surface area contributed by atoms with Crippen molar-refractivity contribution in [1.82, 2.24) is 4.98 Å². The molecule has 0 aliphatic heterocycles. The second kappa shape index (κ2) is 5.13. The van der Waals surface area contributed by atoms with E-state index >= 15 is 0 Å². The maximum absolute atomic E-state index is 6.40. The molecule has 21 heavy (non-hydrogen) atoms. The molecule has 3 nitrogen and oxygen atoms in total. The third-order valence-electron chi connectivity index (χ3n) is 3.73. The maximum atomic E-state index is 6.40. The molecular weight excluding hydrogens is 280 g/mol. The Kier molecular flexibility index (Phi) is 3.13. The lowest BCUT2D eigenvalue weighted by Gasteiger charge is -2.14. The standard InChI is InChI=1S/C17H16N2OS/c18-17(12-9-16-15(19-10-12)6-7-21-16)11-2-1-3-14(8-11)20-13-4-5-13/h1-3,6-10,13,17H,4-5,18H2. The first-order valence-corrected chi connectivity index (χ1v) is 8.03. The van der Waals surface area contributed by atoms with Crippen molar-refractivity contribution in [3.05, 3.63) is 59.1 Å². The van der Waals surface area contributed by atoms with Gasteiger partial charge in [0.2, 0.25) is 0 Å². The predicted octanol–water partition coefficient (Wildman–Crippen LogP) is 3.89. The summed E-state index contributed by atoms with van der Waals surface area (Å²) < 4.78 is 7.02. The largest absolute Gasteiger partial charge is 0.490 e. The minimum Gasteiger partial charge on any atom is -0.490 e. The van der Waals surface area contributed by atoms with Gasteiger partial charge in [-0.25, -0.2) is 0 Å². The van der Waals surface area contributed by atoms with Crippen molar-refractivity contribution in [1.29, 1.82) is 0 Å². The highest BCUT2D eigenvalue weighted by Crippen LogP contribution is 2.30. The van der Waals surface area contributed by atoms with Crippen molar-refractivity contribution in [3.8, 4) is 5.75 Å². The topological polar surface area (TPSA) is 48.1 Å². The lowest BCUT2D eigenvalue weighted by atomic mass is 10.0. The smallest absolute Gasteiger partial charge is 0.120 e. The summed E-state index contributed by atoms with van der Waals surface area (Å²) in [4.78, 5) is 4.47. The van der Waals surface area contributed by atoms with E-state index in [0.717, 1.165) is 35.2 Å². The molecule has 1 saturated carbocycles. The molecule has 3 aromatic rings. The van der Waals surface area contributed by atoms with Crippen LogP contribution in [0.5, 0.6) is 5.75 Å². The Morgan fingerprint density at radius 3 is 2.95 bits per heavy atom. The minimum absolute atomic E-state index is 0.174. The van der Waals surface area contributed by atoms with E-state index in [1.54, 1.807) is 11.3 Å². The van der Waals surface area contributed by atoms with E-state index in [9.17, 15) is 0 Å². The van der Waals surface area contributed by atoms with E-state index in [-0.39, 0.29) is 6.04 Å². The van der Waals surface area contributed by atoms with Gasteiger partial charge in [-0.1, -0.05) is 12.1 Å². The average molecular weight is 296 g/mol. The molecule has 0 radical (unpaired) electrons. The minimum atomic E-state index is -0.174. The molecule has 2 aromatic heterocycles. The molecular formula is C17H16N2OS. The molecule has 2 N–H and O–H groups in total. The zero-order valence-corrected chi connectivity index (χ0v) is 12.3. The lowest BCUT2D eigenvalue weighted by molar-refractivity contribution is 0.303. The van der Waals surface area contributed by atoms with Crippen LogP contribution in [0.15, 0.2) is 48.0 Å². The first-order valence-electron chi connectivity index (χ1n) is 7.15. The molecule has 0 amide bonds. The van der Waals surface area contributed by atoms with Crippen LogP contribution < -0.4 is 10.5 Å². The summed E-state index contributed by atoms with van der Waals surface area (Å²) >= 11 is 1.69. The van der Waals surface area contributed by atoms with Crippen LogP contribution in [0.4, 0.5) is 0 Å². The Morgan fingerprint density at radius 2 is 2.10 bits per heavy atom. The Balaban J connectivity index is 1.64. The number of fused-ring (bicyclic) bond motifs is 1. The lowest BCUT2D eigenvalue weighted by Crippen LogP contribution is -2.12. The van der Waals surface area contributed by atoms with Crippen LogP contribution in [0.25, 0.3) is 10.2 Å². The molecule has 1 aliphatic rings. The fourth-order valence-corrected chi connectivity index (χ4v) is 3.17. The van der Waals surface area contributed by atoms with E-state index in [0.29, 0.717) is 6.10 Å². The quantitative estimate of drug-likeness (QED) is 0.794. The maximum Gasteiger partial charge on any atom is 0.120 e. The first-order chi connectivity index (χ1) is 10.3. The third kappa shape index (κ3) is 2.64. The number of hydrogen-bond donors (Lipinski definition) is 1. The normalized spacial score (nSPS) is 16.0. The number of aromatic nitrogens is 1. The fourth-order valence-electron chi connectivity index (χ4n) is 2.38. The van der Waals surface area contributed by atoms with Crippen LogP contribution in [0.2, 0.25) is 0 Å². The Morgan fingerprint density at radius 1 is 1.19 bits per heavy atom. The van der Waals surface area contributed by atoms with Gasteiger partial charge in [0.05, 0.1) is 22.4 Å². The molecule has 0 bridgehead atoms. The summed E-state index contributed by atoms with van der Waals surface area (Å²) in [5, 5.41) is 2.05. The van der Waals surface area contributed by atoms with Crippen LogP contribution in [0.1, 0.15) is 30.0 Å². The molecule has 1 aliphatic carbocycles. The molecule has 106 valence electrons. The molecule has 1 unspecified atom stereocenters. The first kappa shape index (κ1) is 12.8. The Bertz CT molecular complexity index is 779. The number of hydrogen-bond acceptors (Lipinski definition) is 4. The van der Waals surface area contributed by atoms with E-state index < -0.39 is 0 Å². The van der Waals surface area contributed by atoms with Gasteiger partial charge in [0.15, 0.2) is 0 Å². The molecule has 1 atom stereocenters. The van der Waals surface area contributed by atoms with Crippen molar-refractivity contribution in [3.63, 3.8) is 0 Å². The van der Waals surface area contributed by atoms with Gasteiger partial charge in [-0.2, -0.15) is 0 Å². The van der Waals surface area contributed by atoms with Gasteiger partial charge in [-0.15, -0.1) is 11.3 Å². The van der Waals surface area contributed by atoms with E-state index in [1.165, 1.54) is 4.70 Å². The number of nitrogens with zero attached hydrogens (tertiary/aromatic N) is 1. The number of nitrogens with two attached hydrogens (primary N) is 1. The number of ether oxygens (including phenoxy) is 1. The third-order valence-corrected chi connectivity index (χ3v) is 4.58. The van der Waals surface area contributed by atoms with Crippen LogP contribution in [-0.4, -0.2) is 11.1 Å². The van der Waals surface area contributed by atoms with Gasteiger partial charge >= 0.3 is 0 Å². The monoisotopic (exact) mass is 296 g/mol. The van der Waals surface area contributed by atoms with Crippen molar-refractivity contribution in [2.45, 2.75) is 25.0 Å². The molecule has 4 heteroatoms. The summed E-state index contributed by atoms with van der Waals surface area (Å²) in [6.07, 6.45) is 4.60. The van der Waals surface area contributed by atoms with Gasteiger partial charge < -0.3 is 10.5 Å². The zero-order valence-electron chi connectivity index (χ0n) is 11.5. The van der Waals surface area contributed by atoms with Crippen LogP contribution >= 0.6 is 11.3 Å². The highest BCUT2D eigenvalue weighted by Gasteiger charge is 2.23. The van der Waals surface area contributed by atoms with Gasteiger partial charge in [0.25, 0.3) is 0 Å². The van der Waals surface area contributed by atoms with Crippen LogP contribution in [0.3, 0.4) is 0 Å². The molecule has 0 spiro atoms. The number of pyridine rings is 1. The van der Waals surface area contributed by atoms with Gasteiger partial charge in [0, 0.05) is 6.20 Å². The molecule has 1 aromatic carbocycles. The second-order valence-corrected chi connectivity index (χ2v) is 6.39. The van der Waals surface area contributed by atoms with Gasteiger partial charge in [-0.3, -0.25) is 4.98 Å². The number of benzene rings is 1. The van der Waals surface area contributed by atoms with Gasteiger partial charge in [-0.05, 0) is 53.6 Å². The van der Waals surface area contributed by atoms with Crippen molar-refractivity contribution >= 4 is 21.6 Å². The van der Waals surface area contributed by atoms with Gasteiger partial charge in [0.1, 0.15) is 5.75 Å². The predicted molar refractivity (Wildman–Crippen MR) is 85.7 cm³/mol. The van der Waals surface area contributed by atoms with E-state index in [1.807, 2.05) is 36.5 Å². The summed E-state index contributed by atoms with van der Waals surface area (Å²) in [7, 11) is 0. The van der Waals surface area contributed by atoms with Crippen molar-refractivity contribution in [2.24, 2.45) is 5.73 Å². The Labute approximate surface area is 127 Å². The SMILES string of the molecule is NC(c1cccc(OC2CC2)c1)c1cnc2ccsc2c1. The van der Waals surface area contributed by atoms with E-state index in [2.05, 4.69) is 16.4 Å². The summed E-state index contributed by atoms with van der Waals surface area (Å²) in [5.41, 5.74) is 9.53. The van der Waals surface area contributed by atoms with Crippen LogP contribution in [0, 0.1) is 0 Å². The summed E-state index contributed by atoms with van der Waals surface area (Å²) in [6, 6.07) is 12.1. The Hall–Kier alpha value is -1.91. The summed E-state index contributed by atoms with van der Waals surface area (Å²) in [5.74, 6) is 0.913. The highest BCUT2D eigenvalue weighted by atomic mass is 32.1. The molecule has 0 saturated heterocycles. The summed E-state index contributed by atoms with van der Waals surface area (Å²) in [6.45, 7) is 0. The van der Waals surface area contributed by atoms with Crippen molar-refractivity contribution < 1.29 is 4.74 Å². The second-order valence-electron chi connectivity index (χ2n) is 5.44.